The molecule has 0 saturated carbocycles. The lowest BCUT2D eigenvalue weighted by molar-refractivity contribution is 0.102. The maximum absolute atomic E-state index is 12.0. The summed E-state index contributed by atoms with van der Waals surface area (Å²) in [6.45, 7) is 0. The summed E-state index contributed by atoms with van der Waals surface area (Å²) in [5, 5.41) is 3.87. The summed E-state index contributed by atoms with van der Waals surface area (Å²) in [5.41, 5.74) is 2.32. The zero-order chi connectivity index (χ0) is 12.4. The Kier molecular flexibility index (Phi) is 2.53. The molecule has 1 aromatic carbocycles. The maximum atomic E-state index is 12.0. The third-order valence-corrected chi connectivity index (χ3v) is 2.76. The van der Waals surface area contributed by atoms with Crippen molar-refractivity contribution in [1.29, 1.82) is 0 Å². The number of nitrogens with zero attached hydrogens (tertiary/aromatic N) is 1. The van der Waals surface area contributed by atoms with Crippen molar-refractivity contribution in [3.05, 3.63) is 60.6 Å². The molecule has 0 atom stereocenters. The van der Waals surface area contributed by atoms with E-state index >= 15 is 0 Å². The normalized spacial score (nSPS) is 10.4. The summed E-state index contributed by atoms with van der Waals surface area (Å²) in [7, 11) is 0. The number of benzene rings is 1. The molecule has 2 N–H and O–H groups in total. The summed E-state index contributed by atoms with van der Waals surface area (Å²) in [5.74, 6) is -0.159. The fourth-order valence-electron chi connectivity index (χ4n) is 1.87. The largest absolute Gasteiger partial charge is 0.359 e. The lowest BCUT2D eigenvalue weighted by Crippen LogP contribution is -2.11. The second-order valence-electron chi connectivity index (χ2n) is 3.94. The van der Waals surface area contributed by atoms with Crippen LogP contribution in [-0.2, 0) is 0 Å². The molecule has 18 heavy (non-hydrogen) atoms. The zero-order valence-corrected chi connectivity index (χ0v) is 9.55. The molecule has 0 aliphatic carbocycles. The van der Waals surface area contributed by atoms with Crippen LogP contribution in [0.5, 0.6) is 0 Å². The van der Waals surface area contributed by atoms with Crippen molar-refractivity contribution in [2.75, 3.05) is 5.32 Å². The fraction of sp³-hybridized carbons (Fsp3) is 0. The predicted molar refractivity (Wildman–Crippen MR) is 70.5 cm³/mol. The third kappa shape index (κ3) is 1.84. The van der Waals surface area contributed by atoms with Crippen LogP contribution in [0.2, 0.25) is 0 Å². The van der Waals surface area contributed by atoms with E-state index in [-0.39, 0.29) is 5.91 Å². The number of nitrogens with one attached hydrogen (secondary N) is 2. The molecule has 0 aliphatic heterocycles. The van der Waals surface area contributed by atoms with Gasteiger partial charge in [-0.1, -0.05) is 18.2 Å². The number of amides is 1. The number of rotatable bonds is 2. The van der Waals surface area contributed by atoms with Crippen molar-refractivity contribution >= 4 is 22.5 Å². The van der Waals surface area contributed by atoms with E-state index in [4.69, 9.17) is 0 Å². The average molecular weight is 237 g/mol. The maximum Gasteiger partial charge on any atom is 0.257 e. The van der Waals surface area contributed by atoms with Gasteiger partial charge in [-0.15, -0.1) is 0 Å². The molecule has 0 aliphatic rings. The molecular formula is C14H11N3O. The smallest absolute Gasteiger partial charge is 0.257 e. The van der Waals surface area contributed by atoms with Gasteiger partial charge in [-0.2, -0.15) is 0 Å². The van der Waals surface area contributed by atoms with Crippen LogP contribution in [0, 0.1) is 0 Å². The highest BCUT2D eigenvalue weighted by molar-refractivity contribution is 6.08. The first-order chi connectivity index (χ1) is 8.84. The van der Waals surface area contributed by atoms with Gasteiger partial charge >= 0.3 is 0 Å². The SMILES string of the molecule is O=C(Nc1c[nH]c2ccccc12)c1cccnc1. The number of fused-ring (bicyclic) bond motifs is 1. The number of H-pyrrole nitrogens is 1. The van der Waals surface area contributed by atoms with Gasteiger partial charge < -0.3 is 10.3 Å². The molecule has 0 fully saturated rings. The average Bonchev–Trinajstić information content (AvgIpc) is 2.83. The molecule has 1 amide bonds. The van der Waals surface area contributed by atoms with E-state index in [1.165, 1.54) is 0 Å². The number of pyridine rings is 1. The van der Waals surface area contributed by atoms with Crippen molar-refractivity contribution in [3.63, 3.8) is 0 Å². The van der Waals surface area contributed by atoms with Gasteiger partial charge in [-0.05, 0) is 18.2 Å². The minimum absolute atomic E-state index is 0.159. The fourth-order valence-corrected chi connectivity index (χ4v) is 1.87. The van der Waals surface area contributed by atoms with E-state index in [9.17, 15) is 4.79 Å². The van der Waals surface area contributed by atoms with Crippen molar-refractivity contribution in [1.82, 2.24) is 9.97 Å². The van der Waals surface area contributed by atoms with Crippen molar-refractivity contribution in [2.24, 2.45) is 0 Å². The van der Waals surface area contributed by atoms with Gasteiger partial charge in [0.25, 0.3) is 5.91 Å². The van der Waals surface area contributed by atoms with Gasteiger partial charge in [0.15, 0.2) is 0 Å². The molecule has 88 valence electrons. The molecule has 0 bridgehead atoms. The quantitative estimate of drug-likeness (QED) is 0.720. The van der Waals surface area contributed by atoms with Crippen LogP contribution in [-0.4, -0.2) is 15.9 Å². The molecule has 4 nitrogen and oxygen atoms in total. The summed E-state index contributed by atoms with van der Waals surface area (Å²) in [4.78, 5) is 19.0. The van der Waals surface area contributed by atoms with Gasteiger partial charge in [0.1, 0.15) is 0 Å². The molecule has 0 spiro atoms. The van der Waals surface area contributed by atoms with Crippen molar-refractivity contribution in [2.45, 2.75) is 0 Å². The van der Waals surface area contributed by atoms with Gasteiger partial charge in [0.2, 0.25) is 0 Å². The lowest BCUT2D eigenvalue weighted by atomic mass is 10.2. The number of carbonyl (C=O) groups excluding carboxylic acids is 1. The van der Waals surface area contributed by atoms with E-state index in [0.29, 0.717) is 5.56 Å². The minimum Gasteiger partial charge on any atom is -0.359 e. The Bertz CT molecular complexity index is 688. The lowest BCUT2D eigenvalue weighted by Gasteiger charge is -2.02. The topological polar surface area (TPSA) is 57.8 Å². The van der Waals surface area contributed by atoms with Gasteiger partial charge in [-0.25, -0.2) is 0 Å². The minimum atomic E-state index is -0.159. The predicted octanol–water partition coefficient (Wildman–Crippen LogP) is 2.82. The van der Waals surface area contributed by atoms with Gasteiger partial charge in [-0.3, -0.25) is 9.78 Å². The first kappa shape index (κ1) is 10.5. The van der Waals surface area contributed by atoms with E-state index in [0.717, 1.165) is 16.6 Å². The first-order valence-corrected chi connectivity index (χ1v) is 5.62. The Hall–Kier alpha value is -2.62. The summed E-state index contributed by atoms with van der Waals surface area (Å²) in [6, 6.07) is 11.3. The number of carbonyl (C=O) groups is 1. The van der Waals surface area contributed by atoms with Crippen LogP contribution >= 0.6 is 0 Å². The molecule has 3 aromatic rings. The van der Waals surface area contributed by atoms with E-state index < -0.39 is 0 Å². The van der Waals surface area contributed by atoms with Gasteiger partial charge in [0.05, 0.1) is 11.3 Å². The Labute approximate surface area is 104 Å². The van der Waals surface area contributed by atoms with E-state index in [1.807, 2.05) is 24.3 Å². The summed E-state index contributed by atoms with van der Waals surface area (Å²) in [6.07, 6.45) is 4.98. The number of aromatic amines is 1. The van der Waals surface area contributed by atoms with Crippen molar-refractivity contribution < 1.29 is 4.79 Å². The van der Waals surface area contributed by atoms with Crippen LogP contribution in [0.15, 0.2) is 55.0 Å². The highest BCUT2D eigenvalue weighted by Gasteiger charge is 2.08. The molecule has 0 saturated heterocycles. The van der Waals surface area contributed by atoms with E-state index in [1.54, 1.807) is 30.7 Å². The van der Waals surface area contributed by atoms with Crippen molar-refractivity contribution in [3.8, 4) is 0 Å². The Morgan fingerprint density at radius 1 is 1.17 bits per heavy atom. The van der Waals surface area contributed by atoms with Crippen LogP contribution in [0.1, 0.15) is 10.4 Å². The third-order valence-electron chi connectivity index (χ3n) is 2.76. The van der Waals surface area contributed by atoms with Crippen LogP contribution in [0.4, 0.5) is 5.69 Å². The molecule has 2 heterocycles. The van der Waals surface area contributed by atoms with Crippen LogP contribution < -0.4 is 5.32 Å². The second-order valence-corrected chi connectivity index (χ2v) is 3.94. The number of para-hydroxylation sites is 1. The van der Waals surface area contributed by atoms with Crippen LogP contribution in [0.3, 0.4) is 0 Å². The van der Waals surface area contributed by atoms with E-state index in [2.05, 4.69) is 15.3 Å². The first-order valence-electron chi connectivity index (χ1n) is 5.62. The second kappa shape index (κ2) is 4.33. The Balaban J connectivity index is 1.91. The van der Waals surface area contributed by atoms with Crippen LogP contribution in [0.25, 0.3) is 10.9 Å². The zero-order valence-electron chi connectivity index (χ0n) is 9.55. The molecule has 4 heteroatoms. The standard InChI is InChI=1S/C14H11N3O/c18-14(10-4-3-7-15-8-10)17-13-9-16-12-6-2-1-5-11(12)13/h1-9,16H,(H,17,18). The summed E-state index contributed by atoms with van der Waals surface area (Å²) < 4.78 is 0. The molecule has 0 radical (unpaired) electrons. The Morgan fingerprint density at radius 2 is 2.06 bits per heavy atom. The Morgan fingerprint density at radius 3 is 2.89 bits per heavy atom. The molecule has 3 rings (SSSR count). The number of aromatic nitrogens is 2. The summed E-state index contributed by atoms with van der Waals surface area (Å²) >= 11 is 0. The molecule has 2 aromatic heterocycles. The molecule has 0 unspecified atom stereocenters. The number of hydrogen-bond donors (Lipinski definition) is 2. The number of anilines is 1. The highest BCUT2D eigenvalue weighted by atomic mass is 16.1. The highest BCUT2D eigenvalue weighted by Crippen LogP contribution is 2.22. The van der Waals surface area contributed by atoms with Gasteiger partial charge in [0, 0.05) is 29.5 Å². The molecular weight excluding hydrogens is 226 g/mol. The number of hydrogen-bond acceptors (Lipinski definition) is 2. The monoisotopic (exact) mass is 237 g/mol.